The largest absolute Gasteiger partial charge is 0.496 e. The van der Waals surface area contributed by atoms with Crippen LogP contribution in [0.1, 0.15) is 39.4 Å². The molecule has 0 aliphatic carbocycles. The van der Waals surface area contributed by atoms with E-state index in [1.165, 1.54) is 6.26 Å². The van der Waals surface area contributed by atoms with Crippen molar-refractivity contribution in [3.63, 3.8) is 0 Å². The summed E-state index contributed by atoms with van der Waals surface area (Å²) in [6, 6.07) is 17.2. The summed E-state index contributed by atoms with van der Waals surface area (Å²) in [6.07, 6.45) is 1.44. The number of anilines is 1. The van der Waals surface area contributed by atoms with Crippen LogP contribution in [-0.4, -0.2) is 18.9 Å². The maximum absolute atomic E-state index is 12.5. The molecule has 6 nitrogen and oxygen atoms in total. The first-order chi connectivity index (χ1) is 13.1. The third-order valence-corrected chi connectivity index (χ3v) is 4.10. The lowest BCUT2D eigenvalue weighted by molar-refractivity contribution is 0.0938. The van der Waals surface area contributed by atoms with Gasteiger partial charge in [0.25, 0.3) is 11.8 Å². The van der Waals surface area contributed by atoms with Crippen molar-refractivity contribution in [1.29, 1.82) is 0 Å². The van der Waals surface area contributed by atoms with E-state index < -0.39 is 0 Å². The van der Waals surface area contributed by atoms with Crippen molar-refractivity contribution in [2.24, 2.45) is 0 Å². The molecular weight excluding hydrogens is 344 g/mol. The number of ether oxygens (including phenoxy) is 1. The lowest BCUT2D eigenvalue weighted by atomic mass is 10.1. The van der Waals surface area contributed by atoms with E-state index in [0.717, 1.165) is 11.3 Å². The van der Waals surface area contributed by atoms with Gasteiger partial charge in [0.15, 0.2) is 5.76 Å². The number of carbonyl (C=O) groups is 2. The van der Waals surface area contributed by atoms with Crippen LogP contribution in [0.3, 0.4) is 0 Å². The Hall–Kier alpha value is -3.54. The maximum Gasteiger partial charge on any atom is 0.291 e. The number of nitrogens with one attached hydrogen (secondary N) is 2. The van der Waals surface area contributed by atoms with Gasteiger partial charge in [-0.2, -0.15) is 0 Å². The highest BCUT2D eigenvalue weighted by molar-refractivity contribution is 6.02. The molecule has 0 radical (unpaired) electrons. The van der Waals surface area contributed by atoms with Gasteiger partial charge in [-0.25, -0.2) is 0 Å². The third-order valence-electron chi connectivity index (χ3n) is 4.10. The van der Waals surface area contributed by atoms with Crippen molar-refractivity contribution in [3.05, 3.63) is 83.8 Å². The molecule has 0 bridgehead atoms. The second-order valence-electron chi connectivity index (χ2n) is 5.95. The van der Waals surface area contributed by atoms with Crippen LogP contribution in [0.25, 0.3) is 0 Å². The Morgan fingerprint density at radius 3 is 2.37 bits per heavy atom. The summed E-state index contributed by atoms with van der Waals surface area (Å²) in [7, 11) is 1.60. The number of rotatable bonds is 6. The second-order valence-corrected chi connectivity index (χ2v) is 5.95. The molecule has 0 unspecified atom stereocenters. The summed E-state index contributed by atoms with van der Waals surface area (Å²) in [6.45, 7) is 1.90. The van der Waals surface area contributed by atoms with Crippen molar-refractivity contribution in [3.8, 4) is 5.75 Å². The molecule has 6 heteroatoms. The highest BCUT2D eigenvalue weighted by atomic mass is 16.5. The Kier molecular flexibility index (Phi) is 5.56. The molecule has 0 saturated heterocycles. The minimum Gasteiger partial charge on any atom is -0.496 e. The van der Waals surface area contributed by atoms with Gasteiger partial charge in [-0.3, -0.25) is 9.59 Å². The van der Waals surface area contributed by atoms with E-state index in [2.05, 4.69) is 10.6 Å². The Morgan fingerprint density at radius 1 is 0.963 bits per heavy atom. The van der Waals surface area contributed by atoms with Crippen LogP contribution in [0.5, 0.6) is 5.75 Å². The molecule has 2 aromatic carbocycles. The quantitative estimate of drug-likeness (QED) is 0.692. The number of methoxy groups -OCH3 is 1. The predicted octanol–water partition coefficient (Wildman–Crippen LogP) is 4.03. The first kappa shape index (κ1) is 18.3. The van der Waals surface area contributed by atoms with Gasteiger partial charge in [0.2, 0.25) is 0 Å². The van der Waals surface area contributed by atoms with Crippen molar-refractivity contribution in [2.45, 2.75) is 13.0 Å². The van der Waals surface area contributed by atoms with Gasteiger partial charge in [-0.05, 0) is 49.4 Å². The Bertz CT molecular complexity index is 918. The number of benzene rings is 2. The molecule has 0 saturated carbocycles. The minimum atomic E-state index is -0.345. The number of hydrogen-bond donors (Lipinski definition) is 2. The van der Waals surface area contributed by atoms with Gasteiger partial charge in [-0.1, -0.05) is 18.2 Å². The fraction of sp³-hybridized carbons (Fsp3) is 0.143. The number of carbonyl (C=O) groups excluding carboxylic acids is 2. The second kappa shape index (κ2) is 8.23. The Labute approximate surface area is 157 Å². The molecule has 0 aliphatic rings. The summed E-state index contributed by atoms with van der Waals surface area (Å²) in [4.78, 5) is 24.5. The zero-order valence-corrected chi connectivity index (χ0v) is 15.1. The van der Waals surface area contributed by atoms with Gasteiger partial charge in [-0.15, -0.1) is 0 Å². The maximum atomic E-state index is 12.5. The lowest BCUT2D eigenvalue weighted by Gasteiger charge is -2.17. The number of hydrogen-bond acceptors (Lipinski definition) is 4. The van der Waals surface area contributed by atoms with E-state index in [0.29, 0.717) is 11.3 Å². The van der Waals surface area contributed by atoms with Gasteiger partial charge in [0.1, 0.15) is 5.75 Å². The van der Waals surface area contributed by atoms with Crippen LogP contribution in [0.2, 0.25) is 0 Å². The average molecular weight is 364 g/mol. The molecule has 27 heavy (non-hydrogen) atoms. The van der Waals surface area contributed by atoms with Gasteiger partial charge < -0.3 is 19.8 Å². The number of furan rings is 1. The molecule has 0 spiro atoms. The average Bonchev–Trinajstić information content (AvgIpc) is 3.23. The molecule has 3 rings (SSSR count). The highest BCUT2D eigenvalue weighted by Gasteiger charge is 2.15. The standard InChI is InChI=1S/C21H20N2O4/c1-14(17-6-3-4-7-18(17)26-2)22-20(24)15-9-11-16(12-10-15)23-21(25)19-8-5-13-27-19/h3-14H,1-2H3,(H,22,24)(H,23,25)/t14-/m0/s1. The predicted molar refractivity (Wildman–Crippen MR) is 102 cm³/mol. The first-order valence-corrected chi connectivity index (χ1v) is 8.47. The van der Waals surface area contributed by atoms with Gasteiger partial charge in [0, 0.05) is 16.8 Å². The zero-order chi connectivity index (χ0) is 19.2. The van der Waals surface area contributed by atoms with E-state index in [-0.39, 0.29) is 23.6 Å². The van der Waals surface area contributed by atoms with Crippen LogP contribution in [0, 0.1) is 0 Å². The molecular formula is C21H20N2O4. The normalized spacial score (nSPS) is 11.5. The van der Waals surface area contributed by atoms with Crippen LogP contribution in [0.4, 0.5) is 5.69 Å². The van der Waals surface area contributed by atoms with Crippen LogP contribution in [-0.2, 0) is 0 Å². The van der Waals surface area contributed by atoms with Gasteiger partial charge >= 0.3 is 0 Å². The Morgan fingerprint density at radius 2 is 1.70 bits per heavy atom. The summed E-state index contributed by atoms with van der Waals surface area (Å²) < 4.78 is 10.4. The van der Waals surface area contributed by atoms with Crippen molar-refractivity contribution in [1.82, 2.24) is 5.32 Å². The molecule has 1 aromatic heterocycles. The summed E-state index contributed by atoms with van der Waals surface area (Å²) in [5, 5.41) is 5.66. The fourth-order valence-corrected chi connectivity index (χ4v) is 2.69. The van der Waals surface area contributed by atoms with E-state index in [1.807, 2.05) is 31.2 Å². The van der Waals surface area contributed by atoms with E-state index in [1.54, 1.807) is 43.5 Å². The van der Waals surface area contributed by atoms with E-state index in [9.17, 15) is 9.59 Å². The molecule has 1 heterocycles. The molecule has 1 atom stereocenters. The molecule has 2 N–H and O–H groups in total. The molecule has 2 amide bonds. The lowest BCUT2D eigenvalue weighted by Crippen LogP contribution is -2.26. The topological polar surface area (TPSA) is 80.6 Å². The third kappa shape index (κ3) is 4.36. The smallest absolute Gasteiger partial charge is 0.291 e. The summed E-state index contributed by atoms with van der Waals surface area (Å²) in [5.41, 5.74) is 1.97. The monoisotopic (exact) mass is 364 g/mol. The zero-order valence-electron chi connectivity index (χ0n) is 15.1. The van der Waals surface area contributed by atoms with Crippen molar-refractivity contribution < 1.29 is 18.7 Å². The number of amides is 2. The SMILES string of the molecule is COc1ccccc1[C@H](C)NC(=O)c1ccc(NC(=O)c2ccco2)cc1. The van der Waals surface area contributed by atoms with Crippen LogP contribution < -0.4 is 15.4 Å². The summed E-state index contributed by atoms with van der Waals surface area (Å²) >= 11 is 0. The molecule has 0 fully saturated rings. The van der Waals surface area contributed by atoms with E-state index >= 15 is 0 Å². The highest BCUT2D eigenvalue weighted by Crippen LogP contribution is 2.24. The van der Waals surface area contributed by atoms with Gasteiger partial charge in [0.05, 0.1) is 19.4 Å². The van der Waals surface area contributed by atoms with Crippen molar-refractivity contribution >= 4 is 17.5 Å². The first-order valence-electron chi connectivity index (χ1n) is 8.47. The van der Waals surface area contributed by atoms with Crippen LogP contribution in [0.15, 0.2) is 71.3 Å². The molecule has 138 valence electrons. The van der Waals surface area contributed by atoms with Crippen LogP contribution >= 0.6 is 0 Å². The molecule has 0 aliphatic heterocycles. The fourth-order valence-electron chi connectivity index (χ4n) is 2.69. The number of para-hydroxylation sites is 1. The Balaban J connectivity index is 1.64. The van der Waals surface area contributed by atoms with Crippen molar-refractivity contribution in [2.75, 3.05) is 12.4 Å². The minimum absolute atomic E-state index is 0.211. The van der Waals surface area contributed by atoms with E-state index in [4.69, 9.17) is 9.15 Å². The molecule has 3 aromatic rings. The summed E-state index contributed by atoms with van der Waals surface area (Å²) in [5.74, 6) is 0.392.